The lowest BCUT2D eigenvalue weighted by Gasteiger charge is -2.10. The van der Waals surface area contributed by atoms with E-state index < -0.39 is 0 Å². The van der Waals surface area contributed by atoms with Gasteiger partial charge in [-0.1, -0.05) is 0 Å². The van der Waals surface area contributed by atoms with Crippen LogP contribution in [-0.4, -0.2) is 28.9 Å². The first-order valence-corrected chi connectivity index (χ1v) is 7.27. The highest BCUT2D eigenvalue weighted by Crippen LogP contribution is 2.32. The highest BCUT2D eigenvalue weighted by atomic mass is 16.5. The Hall–Kier alpha value is -2.50. The van der Waals surface area contributed by atoms with Crippen LogP contribution >= 0.6 is 0 Å². The van der Waals surface area contributed by atoms with Crippen LogP contribution in [0.15, 0.2) is 18.2 Å². The van der Waals surface area contributed by atoms with E-state index in [4.69, 9.17) is 9.47 Å². The number of ether oxygens (including phenoxy) is 2. The number of carbonyl (C=O) groups is 1. The van der Waals surface area contributed by atoms with Crippen LogP contribution in [0.25, 0.3) is 0 Å². The van der Waals surface area contributed by atoms with E-state index >= 15 is 0 Å². The molecule has 0 atom stereocenters. The van der Waals surface area contributed by atoms with Gasteiger partial charge in [-0.05, 0) is 26.0 Å². The van der Waals surface area contributed by atoms with Crippen LogP contribution in [-0.2, 0) is 7.05 Å². The van der Waals surface area contributed by atoms with Crippen molar-refractivity contribution in [2.45, 2.75) is 20.3 Å². The summed E-state index contributed by atoms with van der Waals surface area (Å²) >= 11 is 0. The van der Waals surface area contributed by atoms with Gasteiger partial charge in [0, 0.05) is 30.9 Å². The SMILES string of the molecule is Cc1nn(C)c(C)c1C(=O)Nc1ccc2c(c1)OCCCO2. The molecule has 1 aliphatic rings. The van der Waals surface area contributed by atoms with Crippen LogP contribution in [0.4, 0.5) is 5.69 Å². The number of hydrogen-bond acceptors (Lipinski definition) is 4. The Morgan fingerprint density at radius 2 is 1.95 bits per heavy atom. The second kappa shape index (κ2) is 5.71. The molecule has 1 amide bonds. The van der Waals surface area contributed by atoms with Crippen LogP contribution in [0.5, 0.6) is 11.5 Å². The van der Waals surface area contributed by atoms with Crippen molar-refractivity contribution in [3.05, 3.63) is 35.2 Å². The minimum absolute atomic E-state index is 0.169. The Labute approximate surface area is 129 Å². The number of aryl methyl sites for hydroxylation is 2. The predicted octanol–water partition coefficient (Wildman–Crippen LogP) is 2.45. The molecule has 0 aliphatic carbocycles. The van der Waals surface area contributed by atoms with E-state index in [0.717, 1.165) is 12.1 Å². The Bertz CT molecular complexity index is 722. The van der Waals surface area contributed by atoms with Crippen molar-refractivity contribution in [1.29, 1.82) is 0 Å². The molecule has 0 spiro atoms. The van der Waals surface area contributed by atoms with Crippen molar-refractivity contribution in [2.75, 3.05) is 18.5 Å². The monoisotopic (exact) mass is 301 g/mol. The maximum atomic E-state index is 12.5. The first kappa shape index (κ1) is 14.4. The highest BCUT2D eigenvalue weighted by Gasteiger charge is 2.18. The number of anilines is 1. The molecule has 6 heteroatoms. The minimum atomic E-state index is -0.169. The number of rotatable bonds is 2. The van der Waals surface area contributed by atoms with Gasteiger partial charge in [0.15, 0.2) is 11.5 Å². The van der Waals surface area contributed by atoms with Gasteiger partial charge in [0.25, 0.3) is 5.91 Å². The molecule has 0 radical (unpaired) electrons. The third-order valence-electron chi connectivity index (χ3n) is 3.74. The largest absolute Gasteiger partial charge is 0.490 e. The number of fused-ring (bicyclic) bond motifs is 1. The summed E-state index contributed by atoms with van der Waals surface area (Å²) < 4.78 is 12.9. The van der Waals surface area contributed by atoms with Gasteiger partial charge in [0.2, 0.25) is 0 Å². The summed E-state index contributed by atoms with van der Waals surface area (Å²) in [7, 11) is 1.83. The Morgan fingerprint density at radius 3 is 2.64 bits per heavy atom. The summed E-state index contributed by atoms with van der Waals surface area (Å²) in [5.74, 6) is 1.21. The molecule has 1 aromatic heterocycles. The Morgan fingerprint density at radius 1 is 1.23 bits per heavy atom. The molecule has 22 heavy (non-hydrogen) atoms. The number of amides is 1. The van der Waals surface area contributed by atoms with Gasteiger partial charge in [-0.3, -0.25) is 9.48 Å². The maximum absolute atomic E-state index is 12.5. The molecule has 0 saturated heterocycles. The van der Waals surface area contributed by atoms with Crippen molar-refractivity contribution >= 4 is 11.6 Å². The second-order valence-corrected chi connectivity index (χ2v) is 5.34. The van der Waals surface area contributed by atoms with Gasteiger partial charge < -0.3 is 14.8 Å². The Balaban J connectivity index is 1.84. The quantitative estimate of drug-likeness (QED) is 0.925. The molecule has 1 N–H and O–H groups in total. The maximum Gasteiger partial charge on any atom is 0.259 e. The zero-order chi connectivity index (χ0) is 15.7. The van der Waals surface area contributed by atoms with Gasteiger partial charge in [-0.15, -0.1) is 0 Å². The van der Waals surface area contributed by atoms with Crippen LogP contribution < -0.4 is 14.8 Å². The molecule has 1 aliphatic heterocycles. The van der Waals surface area contributed by atoms with Crippen molar-refractivity contribution in [3.63, 3.8) is 0 Å². The molecule has 0 unspecified atom stereocenters. The summed E-state index contributed by atoms with van der Waals surface area (Å²) in [4.78, 5) is 12.5. The zero-order valence-corrected chi connectivity index (χ0v) is 13.0. The molecule has 2 aromatic rings. The van der Waals surface area contributed by atoms with E-state index in [0.29, 0.717) is 41.7 Å². The van der Waals surface area contributed by atoms with Crippen molar-refractivity contribution in [3.8, 4) is 11.5 Å². The molecular formula is C16H19N3O3. The molecule has 0 bridgehead atoms. The van der Waals surface area contributed by atoms with Crippen molar-refractivity contribution in [1.82, 2.24) is 9.78 Å². The first-order valence-electron chi connectivity index (χ1n) is 7.27. The Kier molecular flexibility index (Phi) is 3.75. The summed E-state index contributed by atoms with van der Waals surface area (Å²) in [5.41, 5.74) is 2.84. The van der Waals surface area contributed by atoms with Gasteiger partial charge >= 0.3 is 0 Å². The fraction of sp³-hybridized carbons (Fsp3) is 0.375. The molecule has 3 rings (SSSR count). The number of benzene rings is 1. The molecule has 0 fully saturated rings. The van der Waals surface area contributed by atoms with E-state index in [-0.39, 0.29) is 5.91 Å². The lowest BCUT2D eigenvalue weighted by molar-refractivity contribution is 0.102. The van der Waals surface area contributed by atoms with E-state index in [1.54, 1.807) is 10.7 Å². The molecule has 0 saturated carbocycles. The highest BCUT2D eigenvalue weighted by molar-refractivity contribution is 6.06. The van der Waals surface area contributed by atoms with Gasteiger partial charge in [0.05, 0.1) is 24.5 Å². The topological polar surface area (TPSA) is 65.4 Å². The molecule has 116 valence electrons. The van der Waals surface area contributed by atoms with E-state index in [1.165, 1.54) is 0 Å². The minimum Gasteiger partial charge on any atom is -0.490 e. The lowest BCUT2D eigenvalue weighted by atomic mass is 10.1. The van der Waals surface area contributed by atoms with Gasteiger partial charge in [0.1, 0.15) is 0 Å². The number of aromatic nitrogens is 2. The second-order valence-electron chi connectivity index (χ2n) is 5.34. The fourth-order valence-electron chi connectivity index (χ4n) is 2.54. The standard InChI is InChI=1S/C16H19N3O3/c1-10-15(11(2)19(3)18-10)16(20)17-12-5-6-13-14(9-12)22-8-4-7-21-13/h5-6,9H,4,7-8H2,1-3H3,(H,17,20). The van der Waals surface area contributed by atoms with E-state index in [1.807, 2.05) is 33.0 Å². The third kappa shape index (κ3) is 2.64. The normalized spacial score (nSPS) is 13.6. The van der Waals surface area contributed by atoms with Crippen LogP contribution in [0.2, 0.25) is 0 Å². The average molecular weight is 301 g/mol. The number of nitrogens with one attached hydrogen (secondary N) is 1. The third-order valence-corrected chi connectivity index (χ3v) is 3.74. The summed E-state index contributed by atoms with van der Waals surface area (Å²) in [6.07, 6.45) is 0.852. The summed E-state index contributed by atoms with van der Waals surface area (Å²) in [5, 5.41) is 7.16. The number of nitrogens with zero attached hydrogens (tertiary/aromatic N) is 2. The van der Waals surface area contributed by atoms with Crippen LogP contribution in [0, 0.1) is 13.8 Å². The average Bonchev–Trinajstić information content (AvgIpc) is 2.66. The summed E-state index contributed by atoms with van der Waals surface area (Å²) in [6.45, 7) is 4.97. The number of hydrogen-bond donors (Lipinski definition) is 1. The zero-order valence-electron chi connectivity index (χ0n) is 13.0. The smallest absolute Gasteiger partial charge is 0.259 e. The summed E-state index contributed by atoms with van der Waals surface area (Å²) in [6, 6.07) is 5.42. The van der Waals surface area contributed by atoms with Crippen LogP contribution in [0.3, 0.4) is 0 Å². The van der Waals surface area contributed by atoms with E-state index in [2.05, 4.69) is 10.4 Å². The van der Waals surface area contributed by atoms with Crippen LogP contribution in [0.1, 0.15) is 28.2 Å². The van der Waals surface area contributed by atoms with Crippen molar-refractivity contribution in [2.24, 2.45) is 7.05 Å². The van der Waals surface area contributed by atoms with Gasteiger partial charge in [-0.2, -0.15) is 5.10 Å². The molecule has 1 aromatic carbocycles. The molecule has 6 nitrogen and oxygen atoms in total. The van der Waals surface area contributed by atoms with E-state index in [9.17, 15) is 4.79 Å². The fourth-order valence-corrected chi connectivity index (χ4v) is 2.54. The predicted molar refractivity (Wildman–Crippen MR) is 82.7 cm³/mol. The van der Waals surface area contributed by atoms with Crippen molar-refractivity contribution < 1.29 is 14.3 Å². The molecule has 2 heterocycles. The lowest BCUT2D eigenvalue weighted by Crippen LogP contribution is -2.14. The first-order chi connectivity index (χ1) is 10.6. The van der Waals surface area contributed by atoms with Gasteiger partial charge in [-0.25, -0.2) is 0 Å². The molecular weight excluding hydrogens is 282 g/mol. The number of carbonyl (C=O) groups excluding carboxylic acids is 1.